The minimum atomic E-state index is -0.522. The predicted molar refractivity (Wildman–Crippen MR) is 179 cm³/mol. The number of ether oxygens (including phenoxy) is 1. The molecule has 6 rings (SSSR count). The van der Waals surface area contributed by atoms with Gasteiger partial charge in [-0.3, -0.25) is 19.7 Å². The highest BCUT2D eigenvalue weighted by atomic mass is 16.6. The minimum Gasteiger partial charge on any atom is -0.461 e. The largest absolute Gasteiger partial charge is 0.461 e. The van der Waals surface area contributed by atoms with Crippen LogP contribution in [0.2, 0.25) is 0 Å². The number of hydrogen-bond donors (Lipinski definition) is 1. The van der Waals surface area contributed by atoms with Gasteiger partial charge in [0.15, 0.2) is 0 Å². The molecule has 4 aliphatic rings. The Morgan fingerprint density at radius 2 is 1.74 bits per heavy atom. The predicted octanol–water partition coefficient (Wildman–Crippen LogP) is 9.03. The molecule has 8 unspecified atom stereocenters. The molecular weight excluding hydrogens is 576 g/mol. The van der Waals surface area contributed by atoms with Gasteiger partial charge in [0.2, 0.25) is 0 Å². The van der Waals surface area contributed by atoms with Gasteiger partial charge >= 0.3 is 5.97 Å². The number of rotatable bonds is 10. The smallest absolute Gasteiger partial charge is 0.306 e. The Balaban J connectivity index is 1.01. The Kier molecular flexibility index (Phi) is 9.59. The first kappa shape index (κ1) is 32.7. The lowest BCUT2D eigenvalue weighted by Crippen LogP contribution is -2.53. The molecule has 4 aliphatic carbocycles. The third-order valence-corrected chi connectivity index (χ3v) is 13.4. The van der Waals surface area contributed by atoms with Crippen LogP contribution in [0.25, 0.3) is 0 Å². The first-order valence-corrected chi connectivity index (χ1v) is 17.8. The van der Waals surface area contributed by atoms with Gasteiger partial charge in [0, 0.05) is 24.6 Å². The zero-order valence-corrected chi connectivity index (χ0v) is 28.0. The molecule has 1 N–H and O–H groups in total. The number of carbonyl (C=O) groups is 2. The van der Waals surface area contributed by atoms with E-state index < -0.39 is 10.8 Å². The minimum absolute atomic E-state index is 0.179. The van der Waals surface area contributed by atoms with Gasteiger partial charge < -0.3 is 10.1 Å². The summed E-state index contributed by atoms with van der Waals surface area (Å²) in [6, 6.07) is 13.8. The number of hydrogen-bond acceptors (Lipinski definition) is 5. The molecule has 248 valence electrons. The van der Waals surface area contributed by atoms with Crippen molar-refractivity contribution < 1.29 is 19.2 Å². The van der Waals surface area contributed by atoms with Gasteiger partial charge in [0.25, 0.3) is 11.6 Å². The van der Waals surface area contributed by atoms with Crippen molar-refractivity contribution in [1.29, 1.82) is 0 Å². The van der Waals surface area contributed by atoms with E-state index in [0.29, 0.717) is 35.6 Å². The Morgan fingerprint density at radius 3 is 2.52 bits per heavy atom. The van der Waals surface area contributed by atoms with Crippen LogP contribution in [0, 0.1) is 56.5 Å². The average molecular weight is 629 g/mol. The molecule has 4 saturated carbocycles. The molecule has 0 saturated heterocycles. The zero-order chi connectivity index (χ0) is 32.5. The maximum absolute atomic E-state index is 12.9. The number of benzene rings is 2. The van der Waals surface area contributed by atoms with Crippen molar-refractivity contribution in [3.05, 3.63) is 75.3 Å². The summed E-state index contributed by atoms with van der Waals surface area (Å²) in [6.45, 7) is 7.68. The van der Waals surface area contributed by atoms with E-state index in [1.54, 1.807) is 6.07 Å². The molecule has 0 aromatic heterocycles. The first-order chi connectivity index (χ1) is 22.1. The second-order valence-electron chi connectivity index (χ2n) is 15.6. The molecule has 2 aromatic rings. The van der Waals surface area contributed by atoms with E-state index in [2.05, 4.69) is 26.1 Å². The number of esters is 1. The van der Waals surface area contributed by atoms with E-state index in [0.717, 1.165) is 35.7 Å². The maximum atomic E-state index is 12.9. The molecule has 2 aromatic carbocycles. The van der Waals surface area contributed by atoms with Gasteiger partial charge in [-0.25, -0.2) is 0 Å². The summed E-state index contributed by atoms with van der Waals surface area (Å²) in [5.41, 5.74) is 2.12. The number of carbonyl (C=O) groups excluding carboxylic acids is 2. The van der Waals surface area contributed by atoms with Crippen LogP contribution in [0.15, 0.2) is 48.5 Å². The molecule has 0 radical (unpaired) electrons. The number of nitrogens with one attached hydrogen (secondary N) is 1. The molecule has 4 fully saturated rings. The van der Waals surface area contributed by atoms with Crippen LogP contribution in [0.4, 0.5) is 5.69 Å². The van der Waals surface area contributed by atoms with Crippen molar-refractivity contribution in [2.45, 2.75) is 111 Å². The monoisotopic (exact) mass is 628 g/mol. The Morgan fingerprint density at radius 1 is 0.957 bits per heavy atom. The number of nitrogens with zero attached hydrogens (tertiary/aromatic N) is 1. The topological polar surface area (TPSA) is 98.5 Å². The number of nitro groups is 1. The summed E-state index contributed by atoms with van der Waals surface area (Å²) in [7, 11) is 0. The molecule has 46 heavy (non-hydrogen) atoms. The molecule has 1 amide bonds. The third kappa shape index (κ3) is 6.35. The molecule has 7 nitrogen and oxygen atoms in total. The van der Waals surface area contributed by atoms with Gasteiger partial charge in [-0.05, 0) is 122 Å². The molecule has 0 bridgehead atoms. The fourth-order valence-electron chi connectivity index (χ4n) is 10.9. The number of amides is 1. The van der Waals surface area contributed by atoms with E-state index in [9.17, 15) is 19.7 Å². The SMILES string of the molecule is CC(CCC(=O)OCc1ccc(C(=O)NCc2ccccc2)cc1[N+](=O)[O-])C1CCC2C3CCC4CCCCC4(C)C3CCC12C. The normalized spacial score (nSPS) is 32.4. The Bertz CT molecular complexity index is 1430. The van der Waals surface area contributed by atoms with Crippen molar-refractivity contribution in [3.63, 3.8) is 0 Å². The highest BCUT2D eigenvalue weighted by Crippen LogP contribution is 2.68. The van der Waals surface area contributed by atoms with Gasteiger partial charge in [0.1, 0.15) is 6.61 Å². The molecule has 0 spiro atoms. The second kappa shape index (κ2) is 13.5. The van der Waals surface area contributed by atoms with E-state index in [4.69, 9.17) is 4.74 Å². The van der Waals surface area contributed by atoms with Crippen molar-refractivity contribution in [2.75, 3.05) is 0 Å². The van der Waals surface area contributed by atoms with Gasteiger partial charge in [-0.1, -0.05) is 63.9 Å². The zero-order valence-electron chi connectivity index (χ0n) is 28.0. The summed E-state index contributed by atoms with van der Waals surface area (Å²) in [5.74, 6) is 3.88. The van der Waals surface area contributed by atoms with Crippen LogP contribution in [-0.2, 0) is 22.7 Å². The average Bonchev–Trinajstić information content (AvgIpc) is 3.42. The lowest BCUT2D eigenvalue weighted by Gasteiger charge is -2.61. The van der Waals surface area contributed by atoms with E-state index >= 15 is 0 Å². The summed E-state index contributed by atoms with van der Waals surface area (Å²) in [5, 5.41) is 14.6. The highest BCUT2D eigenvalue weighted by molar-refractivity contribution is 5.95. The Hall–Kier alpha value is -3.22. The van der Waals surface area contributed by atoms with Crippen LogP contribution in [-0.4, -0.2) is 16.8 Å². The summed E-state index contributed by atoms with van der Waals surface area (Å²) in [6.07, 6.45) is 15.0. The summed E-state index contributed by atoms with van der Waals surface area (Å²) in [4.78, 5) is 36.8. The molecular formula is C39H52N2O5. The summed E-state index contributed by atoms with van der Waals surface area (Å²) >= 11 is 0. The van der Waals surface area contributed by atoms with Crippen molar-refractivity contribution >= 4 is 17.6 Å². The van der Waals surface area contributed by atoms with Crippen LogP contribution < -0.4 is 5.32 Å². The molecule has 7 heteroatoms. The second-order valence-corrected chi connectivity index (χ2v) is 15.6. The first-order valence-electron chi connectivity index (χ1n) is 17.8. The van der Waals surface area contributed by atoms with Crippen LogP contribution in [0.5, 0.6) is 0 Å². The fraction of sp³-hybridized carbons (Fsp3) is 0.641. The highest BCUT2D eigenvalue weighted by Gasteiger charge is 2.60. The lowest BCUT2D eigenvalue weighted by atomic mass is 9.44. The Labute approximate surface area is 274 Å². The van der Waals surface area contributed by atoms with Crippen LogP contribution in [0.3, 0.4) is 0 Å². The number of fused-ring (bicyclic) bond motifs is 5. The summed E-state index contributed by atoms with van der Waals surface area (Å²) < 4.78 is 5.56. The molecule has 8 atom stereocenters. The van der Waals surface area contributed by atoms with E-state index in [1.807, 2.05) is 30.3 Å². The van der Waals surface area contributed by atoms with Gasteiger partial charge in [-0.15, -0.1) is 0 Å². The van der Waals surface area contributed by atoms with Crippen LogP contribution >= 0.6 is 0 Å². The van der Waals surface area contributed by atoms with Crippen molar-refractivity contribution in [1.82, 2.24) is 5.32 Å². The standard InChI is InChI=1S/C39H52N2O5/c1-26(32-17-18-33-31-16-15-30-11-7-8-21-38(30,2)34(31)20-22-39(32,33)3)12-19-36(42)46-25-29-14-13-28(23-35(29)41(44)45)37(43)40-24-27-9-5-4-6-10-27/h4-6,9-10,13-14,23,26,30-34H,7-8,11-12,15-22,24-25H2,1-3H3,(H,40,43). The third-order valence-electron chi connectivity index (χ3n) is 13.4. The van der Waals surface area contributed by atoms with Crippen LogP contribution in [0.1, 0.15) is 119 Å². The molecule has 0 heterocycles. The number of nitro benzene ring substituents is 1. The fourth-order valence-corrected chi connectivity index (χ4v) is 10.9. The lowest BCUT2D eigenvalue weighted by molar-refractivity contribution is -0.385. The maximum Gasteiger partial charge on any atom is 0.306 e. The quantitative estimate of drug-likeness (QED) is 0.161. The van der Waals surface area contributed by atoms with Crippen molar-refractivity contribution in [3.8, 4) is 0 Å². The van der Waals surface area contributed by atoms with E-state index in [-0.39, 0.29) is 29.4 Å². The van der Waals surface area contributed by atoms with Crippen molar-refractivity contribution in [2.24, 2.45) is 46.3 Å². The van der Waals surface area contributed by atoms with Gasteiger partial charge in [-0.2, -0.15) is 0 Å². The molecule has 0 aliphatic heterocycles. The van der Waals surface area contributed by atoms with E-state index in [1.165, 1.54) is 76.3 Å². The van der Waals surface area contributed by atoms with Gasteiger partial charge in [0.05, 0.1) is 10.5 Å².